The summed E-state index contributed by atoms with van der Waals surface area (Å²) < 4.78 is 11.1. The van der Waals surface area contributed by atoms with E-state index in [-0.39, 0.29) is 5.97 Å². The van der Waals surface area contributed by atoms with Gasteiger partial charge in [0.25, 0.3) is 0 Å². The van der Waals surface area contributed by atoms with Crippen LogP contribution in [0.5, 0.6) is 11.5 Å². The van der Waals surface area contributed by atoms with Crippen molar-refractivity contribution in [2.75, 3.05) is 6.61 Å². The van der Waals surface area contributed by atoms with Gasteiger partial charge < -0.3 is 9.47 Å². The first-order chi connectivity index (χ1) is 10.1. The third-order valence-corrected chi connectivity index (χ3v) is 3.15. The molecule has 0 saturated heterocycles. The SMILES string of the molecule is CCCOc1cccc(C(=O)Oc2c(C)cccc2C)c1. The van der Waals surface area contributed by atoms with Gasteiger partial charge in [-0.25, -0.2) is 4.79 Å². The second-order valence-electron chi connectivity index (χ2n) is 4.99. The van der Waals surface area contributed by atoms with Gasteiger partial charge in [-0.3, -0.25) is 0 Å². The first-order valence-corrected chi connectivity index (χ1v) is 7.13. The summed E-state index contributed by atoms with van der Waals surface area (Å²) in [6, 6.07) is 12.9. The fourth-order valence-electron chi connectivity index (χ4n) is 2.04. The molecule has 0 amide bonds. The van der Waals surface area contributed by atoms with Crippen molar-refractivity contribution in [1.82, 2.24) is 0 Å². The van der Waals surface area contributed by atoms with Crippen molar-refractivity contribution in [2.45, 2.75) is 27.2 Å². The normalized spacial score (nSPS) is 10.2. The van der Waals surface area contributed by atoms with Crippen LogP contribution in [0.4, 0.5) is 0 Å². The second-order valence-corrected chi connectivity index (χ2v) is 4.99. The van der Waals surface area contributed by atoms with Gasteiger partial charge in [0, 0.05) is 0 Å². The van der Waals surface area contributed by atoms with Crippen molar-refractivity contribution in [3.63, 3.8) is 0 Å². The van der Waals surface area contributed by atoms with Crippen molar-refractivity contribution < 1.29 is 14.3 Å². The molecule has 0 saturated carbocycles. The van der Waals surface area contributed by atoms with Crippen LogP contribution in [0.1, 0.15) is 34.8 Å². The number of esters is 1. The summed E-state index contributed by atoms with van der Waals surface area (Å²) in [5.41, 5.74) is 2.38. The predicted molar refractivity (Wildman–Crippen MR) is 83.1 cm³/mol. The van der Waals surface area contributed by atoms with Gasteiger partial charge >= 0.3 is 5.97 Å². The van der Waals surface area contributed by atoms with E-state index in [2.05, 4.69) is 0 Å². The van der Waals surface area contributed by atoms with E-state index < -0.39 is 0 Å². The molecule has 0 radical (unpaired) electrons. The highest BCUT2D eigenvalue weighted by atomic mass is 16.5. The molecule has 0 fully saturated rings. The Morgan fingerprint density at radius 1 is 1.05 bits per heavy atom. The molecule has 0 aliphatic heterocycles. The van der Waals surface area contributed by atoms with E-state index in [1.165, 1.54) is 0 Å². The van der Waals surface area contributed by atoms with Crippen LogP contribution < -0.4 is 9.47 Å². The Kier molecular flexibility index (Phi) is 4.99. The van der Waals surface area contributed by atoms with E-state index in [9.17, 15) is 4.79 Å². The lowest BCUT2D eigenvalue weighted by Crippen LogP contribution is -2.10. The topological polar surface area (TPSA) is 35.5 Å². The summed E-state index contributed by atoms with van der Waals surface area (Å²) >= 11 is 0. The molecule has 0 unspecified atom stereocenters. The van der Waals surface area contributed by atoms with Crippen LogP contribution in [0.2, 0.25) is 0 Å². The number of carbonyl (C=O) groups excluding carboxylic acids is 1. The summed E-state index contributed by atoms with van der Waals surface area (Å²) in [5, 5.41) is 0. The van der Waals surface area contributed by atoms with Crippen LogP contribution in [-0.4, -0.2) is 12.6 Å². The Morgan fingerprint density at radius 2 is 1.71 bits per heavy atom. The number of hydrogen-bond donors (Lipinski definition) is 0. The number of para-hydroxylation sites is 1. The van der Waals surface area contributed by atoms with Gasteiger partial charge in [0.2, 0.25) is 0 Å². The molecule has 21 heavy (non-hydrogen) atoms. The molecule has 2 rings (SSSR count). The molecule has 3 nitrogen and oxygen atoms in total. The van der Waals surface area contributed by atoms with Gasteiger partial charge in [0.1, 0.15) is 11.5 Å². The summed E-state index contributed by atoms with van der Waals surface area (Å²) in [5.74, 6) is 0.949. The number of carbonyl (C=O) groups is 1. The number of ether oxygens (including phenoxy) is 2. The first-order valence-electron chi connectivity index (χ1n) is 7.13. The van der Waals surface area contributed by atoms with Gasteiger partial charge in [-0.2, -0.15) is 0 Å². The Bertz CT molecular complexity index is 612. The molecule has 0 bridgehead atoms. The molecule has 110 valence electrons. The summed E-state index contributed by atoms with van der Waals surface area (Å²) in [4.78, 5) is 12.3. The van der Waals surface area contributed by atoms with Gasteiger partial charge in [-0.1, -0.05) is 31.2 Å². The molecule has 2 aromatic rings. The minimum absolute atomic E-state index is 0.366. The van der Waals surface area contributed by atoms with Crippen molar-refractivity contribution >= 4 is 5.97 Å². The summed E-state index contributed by atoms with van der Waals surface area (Å²) in [6.07, 6.45) is 0.928. The third-order valence-electron chi connectivity index (χ3n) is 3.15. The fourth-order valence-corrected chi connectivity index (χ4v) is 2.04. The number of rotatable bonds is 5. The zero-order valence-electron chi connectivity index (χ0n) is 12.7. The van der Waals surface area contributed by atoms with Crippen molar-refractivity contribution in [1.29, 1.82) is 0 Å². The quantitative estimate of drug-likeness (QED) is 0.606. The van der Waals surface area contributed by atoms with E-state index in [0.717, 1.165) is 17.5 Å². The van der Waals surface area contributed by atoms with E-state index in [1.54, 1.807) is 18.2 Å². The van der Waals surface area contributed by atoms with E-state index in [0.29, 0.717) is 23.7 Å². The van der Waals surface area contributed by atoms with Crippen LogP contribution >= 0.6 is 0 Å². The molecule has 2 aromatic carbocycles. The largest absolute Gasteiger partial charge is 0.494 e. The molecule has 0 atom stereocenters. The maximum atomic E-state index is 12.3. The molecular weight excluding hydrogens is 264 g/mol. The van der Waals surface area contributed by atoms with Gasteiger partial charge in [0.05, 0.1) is 12.2 Å². The maximum absolute atomic E-state index is 12.3. The molecule has 0 heterocycles. The highest BCUT2D eigenvalue weighted by molar-refractivity contribution is 5.91. The van der Waals surface area contributed by atoms with Crippen LogP contribution in [-0.2, 0) is 0 Å². The molecule has 0 N–H and O–H groups in total. The second kappa shape index (κ2) is 6.93. The fraction of sp³-hybridized carbons (Fsp3) is 0.278. The van der Waals surface area contributed by atoms with Gasteiger partial charge in [0.15, 0.2) is 0 Å². The predicted octanol–water partition coefficient (Wildman–Crippen LogP) is 4.31. The minimum Gasteiger partial charge on any atom is -0.494 e. The lowest BCUT2D eigenvalue weighted by molar-refractivity contribution is 0.0732. The van der Waals surface area contributed by atoms with Gasteiger partial charge in [-0.15, -0.1) is 0 Å². The number of hydrogen-bond acceptors (Lipinski definition) is 3. The molecule has 0 aliphatic carbocycles. The maximum Gasteiger partial charge on any atom is 0.343 e. The molecule has 3 heteroatoms. The minimum atomic E-state index is -0.366. The highest BCUT2D eigenvalue weighted by Gasteiger charge is 2.12. The standard InChI is InChI=1S/C18H20O3/c1-4-11-20-16-10-6-9-15(12-16)18(19)21-17-13(2)7-5-8-14(17)3/h5-10,12H,4,11H2,1-3H3. The Morgan fingerprint density at radius 3 is 2.38 bits per heavy atom. The highest BCUT2D eigenvalue weighted by Crippen LogP contribution is 2.24. The average molecular weight is 284 g/mol. The number of benzene rings is 2. The van der Waals surface area contributed by atoms with Crippen molar-refractivity contribution in [3.05, 3.63) is 59.2 Å². The monoisotopic (exact) mass is 284 g/mol. The lowest BCUT2D eigenvalue weighted by Gasteiger charge is -2.11. The summed E-state index contributed by atoms with van der Waals surface area (Å²) in [6.45, 7) is 6.53. The van der Waals surface area contributed by atoms with Crippen molar-refractivity contribution in [2.24, 2.45) is 0 Å². The van der Waals surface area contributed by atoms with E-state index in [4.69, 9.17) is 9.47 Å². The van der Waals surface area contributed by atoms with E-state index >= 15 is 0 Å². The number of aryl methyl sites for hydroxylation is 2. The molecule has 0 spiro atoms. The smallest absolute Gasteiger partial charge is 0.343 e. The Balaban J connectivity index is 2.17. The molecule has 0 aliphatic rings. The van der Waals surface area contributed by atoms with Crippen LogP contribution in [0.3, 0.4) is 0 Å². The first kappa shape index (κ1) is 15.1. The molecular formula is C18H20O3. The molecule has 0 aromatic heterocycles. The van der Waals surface area contributed by atoms with Gasteiger partial charge in [-0.05, 0) is 49.6 Å². The van der Waals surface area contributed by atoms with E-state index in [1.807, 2.05) is 45.0 Å². The third kappa shape index (κ3) is 3.85. The summed E-state index contributed by atoms with van der Waals surface area (Å²) in [7, 11) is 0. The lowest BCUT2D eigenvalue weighted by atomic mass is 10.1. The Labute approximate surface area is 125 Å². The van der Waals surface area contributed by atoms with Crippen LogP contribution in [0.15, 0.2) is 42.5 Å². The zero-order chi connectivity index (χ0) is 15.2. The Hall–Kier alpha value is -2.29. The zero-order valence-corrected chi connectivity index (χ0v) is 12.7. The van der Waals surface area contributed by atoms with Crippen LogP contribution in [0.25, 0.3) is 0 Å². The average Bonchev–Trinajstić information content (AvgIpc) is 2.49. The van der Waals surface area contributed by atoms with Crippen LogP contribution in [0, 0.1) is 13.8 Å². The van der Waals surface area contributed by atoms with Crippen molar-refractivity contribution in [3.8, 4) is 11.5 Å².